The van der Waals surface area contributed by atoms with Gasteiger partial charge in [-0.2, -0.15) is 0 Å². The number of carbonyl (C=O) groups is 2. The van der Waals surface area contributed by atoms with Crippen LogP contribution in [0.2, 0.25) is 5.02 Å². The van der Waals surface area contributed by atoms with Crippen molar-refractivity contribution in [2.45, 2.75) is 69.4 Å². The Kier molecular flexibility index (Phi) is 8.80. The molecule has 204 valence electrons. The van der Waals surface area contributed by atoms with E-state index in [0.29, 0.717) is 16.8 Å². The second-order valence-electron chi connectivity index (χ2n) is 10.1. The number of aromatic nitrogens is 1. The smallest absolute Gasteiger partial charge is 0.328 e. The minimum atomic E-state index is -3.85. The zero-order valence-corrected chi connectivity index (χ0v) is 23.4. The molecule has 38 heavy (non-hydrogen) atoms. The van der Waals surface area contributed by atoms with E-state index < -0.39 is 22.0 Å². The molecule has 0 spiro atoms. The van der Waals surface area contributed by atoms with Gasteiger partial charge in [0.2, 0.25) is 15.9 Å². The number of ether oxygens (including phenoxy) is 1. The van der Waals surface area contributed by atoms with Gasteiger partial charge in [-0.05, 0) is 48.1 Å². The molecule has 1 aliphatic rings. The van der Waals surface area contributed by atoms with Crippen molar-refractivity contribution < 1.29 is 22.7 Å². The third-order valence-corrected chi connectivity index (χ3v) is 9.03. The Morgan fingerprint density at radius 3 is 2.50 bits per heavy atom. The van der Waals surface area contributed by atoms with Crippen LogP contribution in [0.5, 0.6) is 0 Å². The fourth-order valence-corrected chi connectivity index (χ4v) is 6.84. The lowest BCUT2D eigenvalue weighted by Gasteiger charge is -2.23. The van der Waals surface area contributed by atoms with Crippen molar-refractivity contribution in [2.75, 3.05) is 7.11 Å². The number of hydrogen-bond donors (Lipinski definition) is 3. The summed E-state index contributed by atoms with van der Waals surface area (Å²) in [6.45, 7) is 3.66. The molecule has 0 bridgehead atoms. The molecule has 4 rings (SSSR count). The van der Waals surface area contributed by atoms with Crippen molar-refractivity contribution in [1.82, 2.24) is 15.0 Å². The molecule has 2 aromatic carbocycles. The summed E-state index contributed by atoms with van der Waals surface area (Å²) < 4.78 is 34.3. The molecule has 1 heterocycles. The van der Waals surface area contributed by atoms with E-state index in [1.807, 2.05) is 38.1 Å². The van der Waals surface area contributed by atoms with Crippen LogP contribution in [-0.4, -0.2) is 44.5 Å². The Hall–Kier alpha value is -2.88. The number of nitrogens with one attached hydrogen (secondary N) is 3. The van der Waals surface area contributed by atoms with Gasteiger partial charge in [0.1, 0.15) is 10.9 Å². The van der Waals surface area contributed by atoms with Crippen LogP contribution in [0.25, 0.3) is 22.2 Å². The number of fused-ring (bicyclic) bond motifs is 1. The Morgan fingerprint density at radius 1 is 1.11 bits per heavy atom. The van der Waals surface area contributed by atoms with Gasteiger partial charge in [-0.15, -0.1) is 0 Å². The van der Waals surface area contributed by atoms with Crippen LogP contribution >= 0.6 is 11.6 Å². The van der Waals surface area contributed by atoms with E-state index in [2.05, 4.69) is 15.0 Å². The average Bonchev–Trinajstić information content (AvgIpc) is 3.25. The Labute approximate surface area is 228 Å². The summed E-state index contributed by atoms with van der Waals surface area (Å²) in [5.41, 5.74) is 2.70. The van der Waals surface area contributed by atoms with Crippen LogP contribution in [-0.2, 0) is 30.8 Å². The fourth-order valence-electron chi connectivity index (χ4n) is 5.01. The number of benzene rings is 2. The Balaban J connectivity index is 1.70. The number of carbonyl (C=O) groups excluding carboxylic acids is 2. The quantitative estimate of drug-likeness (QED) is 0.320. The van der Waals surface area contributed by atoms with Gasteiger partial charge >= 0.3 is 5.97 Å². The van der Waals surface area contributed by atoms with Crippen molar-refractivity contribution in [3.63, 3.8) is 0 Å². The summed E-state index contributed by atoms with van der Waals surface area (Å²) in [5, 5.41) is 3.74. The number of amides is 1. The number of aromatic amines is 1. The minimum absolute atomic E-state index is 0.00172. The highest BCUT2D eigenvalue weighted by atomic mass is 35.5. The van der Waals surface area contributed by atoms with Gasteiger partial charge in [0.25, 0.3) is 0 Å². The van der Waals surface area contributed by atoms with E-state index in [4.69, 9.17) is 16.3 Å². The minimum Gasteiger partial charge on any atom is -0.467 e. The molecule has 8 nitrogen and oxygen atoms in total. The molecule has 0 aliphatic heterocycles. The first-order chi connectivity index (χ1) is 18.1. The number of esters is 1. The number of halogens is 1. The molecule has 3 aromatic rings. The van der Waals surface area contributed by atoms with Gasteiger partial charge in [0.05, 0.1) is 24.2 Å². The molecule has 1 aliphatic carbocycles. The van der Waals surface area contributed by atoms with Gasteiger partial charge in [0.15, 0.2) is 0 Å². The molecule has 1 unspecified atom stereocenters. The van der Waals surface area contributed by atoms with E-state index in [1.165, 1.54) is 7.11 Å². The highest BCUT2D eigenvalue weighted by Gasteiger charge is 2.28. The molecule has 1 amide bonds. The van der Waals surface area contributed by atoms with Crippen LogP contribution < -0.4 is 10.0 Å². The van der Waals surface area contributed by atoms with Gasteiger partial charge in [0, 0.05) is 16.9 Å². The van der Waals surface area contributed by atoms with Crippen LogP contribution in [0.1, 0.15) is 51.5 Å². The molecule has 10 heteroatoms. The van der Waals surface area contributed by atoms with Crippen molar-refractivity contribution in [2.24, 2.45) is 5.92 Å². The average molecular weight is 560 g/mol. The third kappa shape index (κ3) is 6.22. The Morgan fingerprint density at radius 2 is 1.82 bits per heavy atom. The van der Waals surface area contributed by atoms with Crippen LogP contribution in [0.15, 0.2) is 47.4 Å². The summed E-state index contributed by atoms with van der Waals surface area (Å²) in [4.78, 5) is 28.6. The summed E-state index contributed by atoms with van der Waals surface area (Å²) in [6, 6.07) is 11.5. The number of H-pyrrole nitrogens is 1. The highest BCUT2D eigenvalue weighted by molar-refractivity contribution is 7.89. The van der Waals surface area contributed by atoms with Gasteiger partial charge in [-0.25, -0.2) is 17.9 Å². The maximum Gasteiger partial charge on any atom is 0.328 e. The number of methoxy groups -OCH3 is 1. The molecular weight excluding hydrogens is 526 g/mol. The van der Waals surface area contributed by atoms with Gasteiger partial charge in [-0.3, -0.25) is 4.79 Å². The van der Waals surface area contributed by atoms with E-state index in [9.17, 15) is 18.0 Å². The summed E-state index contributed by atoms with van der Waals surface area (Å²) in [7, 11) is -2.56. The number of rotatable bonds is 9. The zero-order valence-electron chi connectivity index (χ0n) is 21.8. The van der Waals surface area contributed by atoms with E-state index in [0.717, 1.165) is 43.0 Å². The lowest BCUT2D eigenvalue weighted by atomic mass is 9.96. The van der Waals surface area contributed by atoms with Crippen LogP contribution in [0, 0.1) is 5.92 Å². The molecule has 1 fully saturated rings. The van der Waals surface area contributed by atoms with E-state index in [1.54, 1.807) is 18.2 Å². The van der Waals surface area contributed by atoms with E-state index in [-0.39, 0.29) is 34.2 Å². The van der Waals surface area contributed by atoms with E-state index >= 15 is 0 Å². The first-order valence-electron chi connectivity index (χ1n) is 12.9. The second kappa shape index (κ2) is 11.9. The van der Waals surface area contributed by atoms with Gasteiger partial charge in [-0.1, -0.05) is 69.0 Å². The fraction of sp³-hybridized carbons (Fsp3) is 0.429. The molecule has 1 saturated carbocycles. The second-order valence-corrected chi connectivity index (χ2v) is 12.2. The highest BCUT2D eigenvalue weighted by Crippen LogP contribution is 2.34. The molecule has 3 N–H and O–H groups in total. The standard InChI is InChI=1S/C28H34ClN3O5S/c1-17(2)26(28(34)37-3)31-25(33)16-21-20-11-7-8-12-23(20)30-27(21)18-13-14-22(29)24(15-18)38(35,36)32-19-9-5-4-6-10-19/h7-8,11-15,17,19,26,30,32H,4-6,9-10,16H2,1-3H3,(H,31,33). The summed E-state index contributed by atoms with van der Waals surface area (Å²) in [6.07, 6.45) is 4.69. The molecular formula is C28H34ClN3O5S. The maximum absolute atomic E-state index is 13.3. The summed E-state index contributed by atoms with van der Waals surface area (Å²) >= 11 is 6.38. The predicted molar refractivity (Wildman–Crippen MR) is 148 cm³/mol. The predicted octanol–water partition coefficient (Wildman–Crippen LogP) is 4.96. The molecule has 1 aromatic heterocycles. The number of hydrogen-bond acceptors (Lipinski definition) is 5. The van der Waals surface area contributed by atoms with Crippen molar-refractivity contribution in [3.8, 4) is 11.3 Å². The van der Waals surface area contributed by atoms with Crippen molar-refractivity contribution in [3.05, 3.63) is 53.1 Å². The third-order valence-electron chi connectivity index (χ3n) is 7.03. The lowest BCUT2D eigenvalue weighted by molar-refractivity contribution is -0.146. The maximum atomic E-state index is 13.3. The topological polar surface area (TPSA) is 117 Å². The van der Waals surface area contributed by atoms with Crippen LogP contribution in [0.4, 0.5) is 0 Å². The van der Waals surface area contributed by atoms with Gasteiger partial charge < -0.3 is 15.0 Å². The number of para-hydroxylation sites is 1. The van der Waals surface area contributed by atoms with Crippen molar-refractivity contribution >= 4 is 44.4 Å². The zero-order chi connectivity index (χ0) is 27.4. The summed E-state index contributed by atoms with van der Waals surface area (Å²) in [5.74, 6) is -1.01. The van der Waals surface area contributed by atoms with Crippen LogP contribution in [0.3, 0.4) is 0 Å². The normalized spacial score (nSPS) is 15.5. The molecule has 0 radical (unpaired) electrons. The number of sulfonamides is 1. The lowest BCUT2D eigenvalue weighted by Crippen LogP contribution is -2.45. The first-order valence-corrected chi connectivity index (χ1v) is 14.8. The monoisotopic (exact) mass is 559 g/mol. The first kappa shape index (κ1) is 28.1. The molecule has 0 saturated heterocycles. The SMILES string of the molecule is COC(=O)C(NC(=O)Cc1c(-c2ccc(Cl)c(S(=O)(=O)NC3CCCCC3)c2)[nH]c2ccccc12)C(C)C. The largest absolute Gasteiger partial charge is 0.467 e. The Bertz CT molecular complexity index is 1430. The molecule has 1 atom stereocenters. The van der Waals surface area contributed by atoms with Crippen molar-refractivity contribution in [1.29, 1.82) is 0 Å².